The number of nitrogens with one attached hydrogen (secondary N) is 1. The van der Waals surface area contributed by atoms with Gasteiger partial charge in [0, 0.05) is 6.42 Å². The summed E-state index contributed by atoms with van der Waals surface area (Å²) in [5, 5.41) is 12.5. The molecule has 6 heteroatoms. The van der Waals surface area contributed by atoms with Crippen molar-refractivity contribution in [2.24, 2.45) is 0 Å². The zero-order chi connectivity index (χ0) is 13.5. The quantitative estimate of drug-likeness (QED) is 0.900. The van der Waals surface area contributed by atoms with Gasteiger partial charge in [0.05, 0.1) is 6.54 Å². The number of likely N-dealkylation sites (tertiary alicyclic amines) is 1. The van der Waals surface area contributed by atoms with Crippen LogP contribution in [0.15, 0.2) is 0 Å². The lowest BCUT2D eigenvalue weighted by atomic mass is 10.2. The molecule has 1 aromatic rings. The molecule has 0 saturated carbocycles. The number of hydrogen-bond acceptors (Lipinski definition) is 5. The van der Waals surface area contributed by atoms with Gasteiger partial charge in [-0.15, -0.1) is 10.2 Å². The molecule has 0 atom stereocenters. The van der Waals surface area contributed by atoms with Crippen LogP contribution in [0.3, 0.4) is 0 Å². The van der Waals surface area contributed by atoms with Gasteiger partial charge < -0.3 is 0 Å². The Morgan fingerprint density at radius 2 is 2.00 bits per heavy atom. The fourth-order valence-corrected chi connectivity index (χ4v) is 3.13. The minimum Gasteiger partial charge on any atom is -0.299 e. The number of carbonyl (C=O) groups excluding carboxylic acids is 1. The van der Waals surface area contributed by atoms with E-state index in [0.717, 1.165) is 30.9 Å². The molecule has 1 aromatic heterocycles. The number of rotatable bonds is 5. The lowest BCUT2D eigenvalue weighted by Crippen LogP contribution is -2.33. The van der Waals surface area contributed by atoms with Gasteiger partial charge in [-0.1, -0.05) is 31.1 Å². The molecule has 0 unspecified atom stereocenters. The molecular weight excluding hydrogens is 260 g/mol. The van der Waals surface area contributed by atoms with E-state index in [4.69, 9.17) is 0 Å². The zero-order valence-corrected chi connectivity index (χ0v) is 12.3. The minimum atomic E-state index is 0.0288. The van der Waals surface area contributed by atoms with Gasteiger partial charge in [0.25, 0.3) is 0 Å². The molecule has 2 rings (SSSR count). The Bertz CT molecular complexity index is 399. The van der Waals surface area contributed by atoms with Gasteiger partial charge in [-0.25, -0.2) is 0 Å². The first-order chi connectivity index (χ1) is 9.28. The number of aromatic nitrogens is 2. The number of anilines is 1. The fraction of sp³-hybridized carbons (Fsp3) is 0.769. The first-order valence-electron chi connectivity index (χ1n) is 7.12. The summed E-state index contributed by atoms with van der Waals surface area (Å²) < 4.78 is 0. The molecule has 2 heterocycles. The summed E-state index contributed by atoms with van der Waals surface area (Å²) in [7, 11) is 0. The second kappa shape index (κ2) is 7.55. The Morgan fingerprint density at radius 3 is 2.68 bits per heavy atom. The summed E-state index contributed by atoms with van der Waals surface area (Å²) >= 11 is 1.48. The van der Waals surface area contributed by atoms with Crippen LogP contribution in [0, 0.1) is 0 Å². The molecular formula is C13H22N4OS. The van der Waals surface area contributed by atoms with Crippen LogP contribution in [0.5, 0.6) is 0 Å². The van der Waals surface area contributed by atoms with Gasteiger partial charge >= 0.3 is 0 Å². The highest BCUT2D eigenvalue weighted by Gasteiger charge is 2.14. The van der Waals surface area contributed by atoms with Gasteiger partial charge in [-0.2, -0.15) is 0 Å². The van der Waals surface area contributed by atoms with Crippen LogP contribution in [0.25, 0.3) is 0 Å². The molecule has 0 bridgehead atoms. The van der Waals surface area contributed by atoms with Gasteiger partial charge in [-0.3, -0.25) is 15.0 Å². The topological polar surface area (TPSA) is 58.1 Å². The van der Waals surface area contributed by atoms with E-state index in [2.05, 4.69) is 27.3 Å². The Morgan fingerprint density at radius 1 is 1.26 bits per heavy atom. The number of amides is 1. The molecule has 0 radical (unpaired) electrons. The highest BCUT2D eigenvalue weighted by molar-refractivity contribution is 7.15. The van der Waals surface area contributed by atoms with E-state index in [1.54, 1.807) is 0 Å². The van der Waals surface area contributed by atoms with Crippen molar-refractivity contribution in [2.45, 2.75) is 45.4 Å². The Hall–Kier alpha value is -1.01. The molecule has 1 aliphatic rings. The van der Waals surface area contributed by atoms with Gasteiger partial charge in [0.15, 0.2) is 0 Å². The van der Waals surface area contributed by atoms with E-state index in [1.807, 2.05) is 0 Å². The smallest absolute Gasteiger partial charge is 0.240 e. The Kier molecular flexibility index (Phi) is 5.72. The van der Waals surface area contributed by atoms with Crippen molar-refractivity contribution in [3.05, 3.63) is 5.01 Å². The largest absolute Gasteiger partial charge is 0.299 e. The van der Waals surface area contributed by atoms with Crippen molar-refractivity contribution in [2.75, 3.05) is 25.0 Å². The van der Waals surface area contributed by atoms with E-state index in [1.165, 1.54) is 37.0 Å². The number of nitrogens with zero attached hydrogens (tertiary/aromatic N) is 3. The third-order valence-corrected chi connectivity index (χ3v) is 4.14. The third-order valence-electron chi connectivity index (χ3n) is 3.24. The molecule has 1 N–H and O–H groups in total. The zero-order valence-electron chi connectivity index (χ0n) is 11.5. The standard InChI is InChI=1S/C13H22N4OS/c1-2-7-12-15-16-13(19-12)14-11(18)10-17-8-5-3-4-6-9-17/h2-10H2,1H3,(H,14,16,18). The first kappa shape index (κ1) is 14.4. The number of carbonyl (C=O) groups is 1. The molecule has 106 valence electrons. The molecule has 5 nitrogen and oxygen atoms in total. The van der Waals surface area contributed by atoms with Crippen molar-refractivity contribution >= 4 is 22.4 Å². The summed E-state index contributed by atoms with van der Waals surface area (Å²) in [6.45, 7) is 4.65. The van der Waals surface area contributed by atoms with Gasteiger partial charge in [0.2, 0.25) is 11.0 Å². The van der Waals surface area contributed by atoms with E-state index in [-0.39, 0.29) is 5.91 Å². The molecule has 0 aliphatic carbocycles. The SMILES string of the molecule is CCCc1nnc(NC(=O)CN2CCCCCC2)s1. The van der Waals surface area contributed by atoms with Crippen LogP contribution in [-0.4, -0.2) is 40.6 Å². The summed E-state index contributed by atoms with van der Waals surface area (Å²) in [5.74, 6) is 0.0288. The number of aryl methyl sites for hydroxylation is 1. The molecule has 1 aliphatic heterocycles. The Labute approximate surface area is 118 Å². The molecule has 1 amide bonds. The summed E-state index contributed by atoms with van der Waals surface area (Å²) in [6.07, 6.45) is 6.96. The highest BCUT2D eigenvalue weighted by Crippen LogP contribution is 2.16. The predicted molar refractivity (Wildman–Crippen MR) is 77.4 cm³/mol. The van der Waals surface area contributed by atoms with Crippen molar-refractivity contribution in [1.82, 2.24) is 15.1 Å². The summed E-state index contributed by atoms with van der Waals surface area (Å²) in [4.78, 5) is 14.2. The van der Waals surface area contributed by atoms with Crippen molar-refractivity contribution in [1.29, 1.82) is 0 Å². The Balaban J connectivity index is 1.79. The lowest BCUT2D eigenvalue weighted by Gasteiger charge is -2.18. The van der Waals surface area contributed by atoms with Crippen molar-refractivity contribution in [3.63, 3.8) is 0 Å². The summed E-state index contributed by atoms with van der Waals surface area (Å²) in [6, 6.07) is 0. The first-order valence-corrected chi connectivity index (χ1v) is 7.94. The maximum atomic E-state index is 11.9. The van der Waals surface area contributed by atoms with Crippen molar-refractivity contribution in [3.8, 4) is 0 Å². The number of hydrogen-bond donors (Lipinski definition) is 1. The van der Waals surface area contributed by atoms with Crippen LogP contribution >= 0.6 is 11.3 Å². The molecule has 1 saturated heterocycles. The van der Waals surface area contributed by atoms with Crippen LogP contribution < -0.4 is 5.32 Å². The third kappa shape index (κ3) is 4.87. The normalized spacial score (nSPS) is 17.1. The molecule has 19 heavy (non-hydrogen) atoms. The predicted octanol–water partition coefficient (Wildman–Crippen LogP) is 2.31. The highest BCUT2D eigenvalue weighted by atomic mass is 32.1. The molecule has 1 fully saturated rings. The van der Waals surface area contributed by atoms with Crippen molar-refractivity contribution < 1.29 is 4.79 Å². The maximum Gasteiger partial charge on any atom is 0.240 e. The van der Waals surface area contributed by atoms with Gasteiger partial charge in [0.1, 0.15) is 5.01 Å². The second-order valence-corrected chi connectivity index (χ2v) is 6.05. The summed E-state index contributed by atoms with van der Waals surface area (Å²) in [5.41, 5.74) is 0. The van der Waals surface area contributed by atoms with E-state index in [0.29, 0.717) is 11.7 Å². The minimum absolute atomic E-state index is 0.0288. The van der Waals surface area contributed by atoms with E-state index >= 15 is 0 Å². The van der Waals surface area contributed by atoms with E-state index < -0.39 is 0 Å². The maximum absolute atomic E-state index is 11.9. The van der Waals surface area contributed by atoms with Crippen LogP contribution in [0.1, 0.15) is 44.0 Å². The average molecular weight is 282 g/mol. The van der Waals surface area contributed by atoms with Crippen LogP contribution in [0.2, 0.25) is 0 Å². The van der Waals surface area contributed by atoms with Crippen LogP contribution in [-0.2, 0) is 11.2 Å². The average Bonchev–Trinajstić information content (AvgIpc) is 2.65. The van der Waals surface area contributed by atoms with Crippen LogP contribution in [0.4, 0.5) is 5.13 Å². The van der Waals surface area contributed by atoms with E-state index in [9.17, 15) is 4.79 Å². The monoisotopic (exact) mass is 282 g/mol. The lowest BCUT2D eigenvalue weighted by molar-refractivity contribution is -0.117. The molecule has 0 spiro atoms. The molecule has 0 aromatic carbocycles. The van der Waals surface area contributed by atoms with Gasteiger partial charge in [-0.05, 0) is 32.4 Å². The second-order valence-electron chi connectivity index (χ2n) is 4.99. The fourth-order valence-electron chi connectivity index (χ4n) is 2.28.